The molecule has 1 atom stereocenters. The number of hydrogen-bond acceptors (Lipinski definition) is 3. The fourth-order valence-electron chi connectivity index (χ4n) is 2.28. The zero-order valence-corrected chi connectivity index (χ0v) is 13.3. The van der Waals surface area contributed by atoms with Gasteiger partial charge in [-0.15, -0.1) is 11.6 Å². The molecule has 2 rings (SSSR count). The molecule has 0 spiro atoms. The van der Waals surface area contributed by atoms with Crippen LogP contribution in [0.1, 0.15) is 27.2 Å². The summed E-state index contributed by atoms with van der Waals surface area (Å²) in [6.45, 7) is 8.86. The van der Waals surface area contributed by atoms with E-state index in [1.54, 1.807) is 0 Å². The molecule has 3 nitrogen and oxygen atoms in total. The zero-order chi connectivity index (χ0) is 14.6. The smallest absolute Gasteiger partial charge is 0.142 e. The lowest BCUT2D eigenvalue weighted by Gasteiger charge is -2.21. The van der Waals surface area contributed by atoms with Crippen molar-refractivity contribution in [1.29, 1.82) is 0 Å². The molecule has 0 bridgehead atoms. The zero-order valence-electron chi connectivity index (χ0n) is 12.6. The molecule has 0 aromatic heterocycles. The van der Waals surface area contributed by atoms with E-state index in [0.717, 1.165) is 30.5 Å². The largest absolute Gasteiger partial charge is 0.488 e. The predicted molar refractivity (Wildman–Crippen MR) is 82.7 cm³/mol. The lowest BCUT2D eigenvalue weighted by atomic mass is 10.2. The molecule has 0 aliphatic carbocycles. The van der Waals surface area contributed by atoms with Crippen LogP contribution in [0.15, 0.2) is 24.3 Å². The normalized spacial score (nSPS) is 20.1. The van der Waals surface area contributed by atoms with Crippen molar-refractivity contribution in [3.63, 3.8) is 0 Å². The lowest BCUT2D eigenvalue weighted by molar-refractivity contribution is 0.130. The van der Waals surface area contributed by atoms with Crippen molar-refractivity contribution in [2.45, 2.75) is 32.8 Å². The Labute approximate surface area is 126 Å². The second-order valence-electron chi connectivity index (χ2n) is 6.35. The van der Waals surface area contributed by atoms with Gasteiger partial charge in [0.25, 0.3) is 0 Å². The van der Waals surface area contributed by atoms with Crippen LogP contribution in [0.3, 0.4) is 0 Å². The van der Waals surface area contributed by atoms with Crippen LogP contribution in [-0.2, 0) is 0 Å². The quantitative estimate of drug-likeness (QED) is 0.773. The minimum atomic E-state index is -0.172. The number of nitrogens with zero attached hydrogens (tertiary/aromatic N) is 1. The Morgan fingerprint density at radius 1 is 1.20 bits per heavy atom. The predicted octanol–water partition coefficient (Wildman–Crippen LogP) is 3.76. The summed E-state index contributed by atoms with van der Waals surface area (Å²) in [6, 6.07) is 7.81. The minimum absolute atomic E-state index is 0.172. The number of likely N-dealkylation sites (tertiary alicyclic amines) is 1. The number of alkyl halides is 1. The fourth-order valence-corrected chi connectivity index (χ4v) is 2.53. The number of rotatable bonds is 5. The first-order valence-electron chi connectivity index (χ1n) is 7.16. The van der Waals surface area contributed by atoms with Crippen LogP contribution in [0.5, 0.6) is 11.5 Å². The third-order valence-corrected chi connectivity index (χ3v) is 3.69. The number of ether oxygens (including phenoxy) is 2. The molecular weight excluding hydrogens is 274 g/mol. The first-order chi connectivity index (χ1) is 9.46. The van der Waals surface area contributed by atoms with Gasteiger partial charge in [0, 0.05) is 19.0 Å². The topological polar surface area (TPSA) is 21.7 Å². The van der Waals surface area contributed by atoms with E-state index < -0.39 is 0 Å². The number of benzene rings is 1. The summed E-state index contributed by atoms with van der Waals surface area (Å²) in [6.07, 6.45) is 1.17. The Morgan fingerprint density at radius 2 is 1.85 bits per heavy atom. The van der Waals surface area contributed by atoms with Crippen LogP contribution in [0.4, 0.5) is 0 Å². The van der Waals surface area contributed by atoms with Crippen molar-refractivity contribution in [3.05, 3.63) is 24.3 Å². The fraction of sp³-hybridized carbons (Fsp3) is 0.625. The van der Waals surface area contributed by atoms with E-state index in [-0.39, 0.29) is 5.60 Å². The Balaban J connectivity index is 1.79. The second-order valence-corrected chi connectivity index (χ2v) is 6.65. The van der Waals surface area contributed by atoms with Crippen LogP contribution >= 0.6 is 11.6 Å². The summed E-state index contributed by atoms with van der Waals surface area (Å²) in [5.74, 6) is 3.10. The van der Waals surface area contributed by atoms with Gasteiger partial charge in [-0.05, 0) is 57.4 Å². The highest BCUT2D eigenvalue weighted by Crippen LogP contribution is 2.22. The summed E-state index contributed by atoms with van der Waals surface area (Å²) < 4.78 is 11.6. The van der Waals surface area contributed by atoms with E-state index in [4.69, 9.17) is 21.1 Å². The second kappa shape index (κ2) is 6.68. The standard InChI is InChI=1S/C16H24ClNO2/c1-16(2,3)20-15-6-4-14(5-7-15)19-12-18-9-8-13(10-17)11-18/h4-7,13H,8-12H2,1-3H3/t13-/m0/s1. The monoisotopic (exact) mass is 297 g/mol. The summed E-state index contributed by atoms with van der Waals surface area (Å²) in [5.41, 5.74) is -0.172. The molecule has 4 heteroatoms. The van der Waals surface area contributed by atoms with Crippen molar-refractivity contribution >= 4 is 11.6 Å². The summed E-state index contributed by atoms with van der Waals surface area (Å²) in [7, 11) is 0. The van der Waals surface area contributed by atoms with Gasteiger partial charge in [0.15, 0.2) is 0 Å². The van der Waals surface area contributed by atoms with Crippen molar-refractivity contribution in [2.24, 2.45) is 5.92 Å². The van der Waals surface area contributed by atoms with Crippen LogP contribution in [0, 0.1) is 5.92 Å². The first kappa shape index (κ1) is 15.5. The van der Waals surface area contributed by atoms with Gasteiger partial charge < -0.3 is 9.47 Å². The molecule has 1 heterocycles. The maximum atomic E-state index is 5.88. The average molecular weight is 298 g/mol. The Bertz CT molecular complexity index is 413. The molecule has 1 aliphatic heterocycles. The summed E-state index contributed by atoms with van der Waals surface area (Å²) in [4.78, 5) is 2.30. The highest BCUT2D eigenvalue weighted by Gasteiger charge is 2.21. The van der Waals surface area contributed by atoms with Crippen molar-refractivity contribution in [3.8, 4) is 11.5 Å². The van der Waals surface area contributed by atoms with Crippen molar-refractivity contribution in [1.82, 2.24) is 4.90 Å². The summed E-state index contributed by atoms with van der Waals surface area (Å²) in [5, 5.41) is 0. The SMILES string of the molecule is CC(C)(C)Oc1ccc(OCN2CC[C@@H](CCl)C2)cc1. The van der Waals surface area contributed by atoms with Gasteiger partial charge in [-0.2, -0.15) is 0 Å². The van der Waals surface area contributed by atoms with Gasteiger partial charge in [-0.25, -0.2) is 0 Å². The molecular formula is C16H24ClNO2. The Hall–Kier alpha value is -0.930. The van der Waals surface area contributed by atoms with Gasteiger partial charge in [0.1, 0.15) is 23.8 Å². The molecule has 0 saturated carbocycles. The molecule has 1 fully saturated rings. The number of halogens is 1. The Morgan fingerprint density at radius 3 is 2.40 bits per heavy atom. The van der Waals surface area contributed by atoms with Crippen LogP contribution in [0.25, 0.3) is 0 Å². The first-order valence-corrected chi connectivity index (χ1v) is 7.70. The van der Waals surface area contributed by atoms with E-state index >= 15 is 0 Å². The molecule has 0 amide bonds. The van der Waals surface area contributed by atoms with Gasteiger partial charge in [0.05, 0.1) is 0 Å². The van der Waals surface area contributed by atoms with E-state index in [1.807, 2.05) is 45.0 Å². The molecule has 0 N–H and O–H groups in total. The Kier molecular flexibility index (Phi) is 5.17. The maximum Gasteiger partial charge on any atom is 0.142 e. The third kappa shape index (κ3) is 4.88. The van der Waals surface area contributed by atoms with Crippen LogP contribution < -0.4 is 9.47 Å². The minimum Gasteiger partial charge on any atom is -0.488 e. The third-order valence-electron chi connectivity index (χ3n) is 3.25. The van der Waals surface area contributed by atoms with E-state index in [9.17, 15) is 0 Å². The van der Waals surface area contributed by atoms with Gasteiger partial charge in [0.2, 0.25) is 0 Å². The average Bonchev–Trinajstić information content (AvgIpc) is 2.84. The van der Waals surface area contributed by atoms with Crippen molar-refractivity contribution in [2.75, 3.05) is 25.7 Å². The number of hydrogen-bond donors (Lipinski definition) is 0. The molecule has 0 unspecified atom stereocenters. The molecule has 1 saturated heterocycles. The molecule has 1 aromatic rings. The molecule has 20 heavy (non-hydrogen) atoms. The van der Waals surface area contributed by atoms with Gasteiger partial charge in [-0.1, -0.05) is 0 Å². The molecule has 0 radical (unpaired) electrons. The van der Waals surface area contributed by atoms with E-state index in [2.05, 4.69) is 4.90 Å². The molecule has 1 aromatic carbocycles. The summed E-state index contributed by atoms with van der Waals surface area (Å²) >= 11 is 5.88. The van der Waals surface area contributed by atoms with E-state index in [1.165, 1.54) is 6.42 Å². The molecule has 112 valence electrons. The lowest BCUT2D eigenvalue weighted by Crippen LogP contribution is -2.26. The maximum absolute atomic E-state index is 5.88. The highest BCUT2D eigenvalue weighted by atomic mass is 35.5. The van der Waals surface area contributed by atoms with Crippen molar-refractivity contribution < 1.29 is 9.47 Å². The highest BCUT2D eigenvalue weighted by molar-refractivity contribution is 6.18. The van der Waals surface area contributed by atoms with Crippen LogP contribution in [-0.4, -0.2) is 36.2 Å². The van der Waals surface area contributed by atoms with E-state index in [0.29, 0.717) is 12.6 Å². The van der Waals surface area contributed by atoms with Gasteiger partial charge in [-0.3, -0.25) is 4.90 Å². The van der Waals surface area contributed by atoms with Crippen LogP contribution in [0.2, 0.25) is 0 Å². The van der Waals surface area contributed by atoms with Gasteiger partial charge >= 0.3 is 0 Å². The molecule has 1 aliphatic rings.